The highest BCUT2D eigenvalue weighted by atomic mass is 32.2. The number of amides is 2. The Kier molecular flexibility index (Phi) is 6.97. The number of aryl methyl sites for hydroxylation is 1. The second kappa shape index (κ2) is 9.63. The lowest BCUT2D eigenvalue weighted by Crippen LogP contribution is -2.27. The maximum Gasteiger partial charge on any atom is 0.267 e. The first-order chi connectivity index (χ1) is 13.1. The summed E-state index contributed by atoms with van der Waals surface area (Å²) in [5.74, 6) is 0.0202. The molecule has 6 nitrogen and oxygen atoms in total. The Morgan fingerprint density at radius 2 is 2.00 bits per heavy atom. The van der Waals surface area contributed by atoms with Crippen LogP contribution in [0, 0.1) is 6.92 Å². The van der Waals surface area contributed by atoms with Gasteiger partial charge in [-0.15, -0.1) is 21.5 Å². The van der Waals surface area contributed by atoms with Gasteiger partial charge in [-0.1, -0.05) is 53.4 Å². The van der Waals surface area contributed by atoms with E-state index in [1.54, 1.807) is 0 Å². The van der Waals surface area contributed by atoms with Crippen molar-refractivity contribution in [2.24, 2.45) is 0 Å². The molecule has 0 saturated heterocycles. The Hall–Kier alpha value is -2.23. The van der Waals surface area contributed by atoms with E-state index in [4.69, 9.17) is 0 Å². The van der Waals surface area contributed by atoms with Crippen molar-refractivity contribution in [3.63, 3.8) is 0 Å². The van der Waals surface area contributed by atoms with E-state index in [-0.39, 0.29) is 17.6 Å². The summed E-state index contributed by atoms with van der Waals surface area (Å²) in [6, 6.07) is 11.8. The average Bonchev–Trinajstić information content (AvgIpc) is 3.30. The average molecular weight is 419 g/mol. The zero-order chi connectivity index (χ0) is 19.1. The van der Waals surface area contributed by atoms with Gasteiger partial charge in [0, 0.05) is 6.54 Å². The molecule has 140 valence electrons. The maximum atomic E-state index is 12.1. The van der Waals surface area contributed by atoms with Gasteiger partial charge in [-0.2, -0.15) is 0 Å². The first-order valence-electron chi connectivity index (χ1n) is 8.23. The first-order valence-corrected chi connectivity index (χ1v) is 10.9. The number of anilines is 1. The topological polar surface area (TPSA) is 84.0 Å². The molecule has 0 spiro atoms. The minimum Gasteiger partial charge on any atom is -0.355 e. The number of thioether (sulfide) groups is 1. The number of aromatic nitrogens is 2. The maximum absolute atomic E-state index is 12.1. The van der Waals surface area contributed by atoms with Crippen molar-refractivity contribution in [3.05, 3.63) is 57.8 Å². The Balaban J connectivity index is 1.40. The number of carbonyl (C=O) groups is 2. The van der Waals surface area contributed by atoms with Gasteiger partial charge in [0.05, 0.1) is 10.6 Å². The van der Waals surface area contributed by atoms with Gasteiger partial charge in [0.1, 0.15) is 0 Å². The molecule has 0 aliphatic heterocycles. The zero-order valence-electron chi connectivity index (χ0n) is 14.6. The van der Waals surface area contributed by atoms with Gasteiger partial charge in [0.2, 0.25) is 11.0 Å². The highest BCUT2D eigenvalue weighted by Crippen LogP contribution is 2.26. The highest BCUT2D eigenvalue weighted by molar-refractivity contribution is 8.01. The molecule has 0 aliphatic rings. The predicted octanol–water partition coefficient (Wildman–Crippen LogP) is 3.61. The fraction of sp³-hybridized carbons (Fsp3) is 0.222. The van der Waals surface area contributed by atoms with Crippen molar-refractivity contribution in [1.29, 1.82) is 0 Å². The Morgan fingerprint density at radius 3 is 2.74 bits per heavy atom. The molecule has 0 fully saturated rings. The minimum absolute atomic E-state index is 0.0502. The van der Waals surface area contributed by atoms with Crippen molar-refractivity contribution in [1.82, 2.24) is 15.5 Å². The summed E-state index contributed by atoms with van der Waals surface area (Å²) in [7, 11) is 0. The Morgan fingerprint density at radius 1 is 1.19 bits per heavy atom. The molecule has 0 unspecified atom stereocenters. The molecule has 0 aliphatic carbocycles. The molecule has 2 N–H and O–H groups in total. The number of nitrogens with one attached hydrogen (secondary N) is 2. The Labute approximate surface area is 169 Å². The fourth-order valence-electron chi connectivity index (χ4n) is 2.20. The second-order valence-electron chi connectivity index (χ2n) is 5.69. The van der Waals surface area contributed by atoms with Crippen LogP contribution in [0.15, 0.2) is 46.1 Å². The van der Waals surface area contributed by atoms with Crippen LogP contribution in [-0.2, 0) is 11.2 Å². The van der Waals surface area contributed by atoms with Crippen molar-refractivity contribution >= 4 is 51.4 Å². The molecule has 0 radical (unpaired) electrons. The van der Waals surface area contributed by atoms with E-state index >= 15 is 0 Å². The third-order valence-corrected chi connectivity index (χ3v) is 6.51. The van der Waals surface area contributed by atoms with Crippen LogP contribution in [0.2, 0.25) is 0 Å². The minimum atomic E-state index is -0.195. The second-order valence-corrected chi connectivity index (χ2v) is 8.80. The predicted molar refractivity (Wildman–Crippen MR) is 111 cm³/mol. The SMILES string of the molecule is Cc1csc(C(=O)Nc2nnc(SCC(=O)NCCc3ccccc3)s2)c1. The summed E-state index contributed by atoms with van der Waals surface area (Å²) in [6.45, 7) is 2.54. The number of carbonyl (C=O) groups excluding carboxylic acids is 2. The molecule has 1 aromatic carbocycles. The quantitative estimate of drug-likeness (QED) is 0.431. The lowest BCUT2D eigenvalue weighted by atomic mass is 10.1. The number of hydrogen-bond acceptors (Lipinski definition) is 7. The monoisotopic (exact) mass is 418 g/mol. The number of rotatable bonds is 8. The summed E-state index contributed by atoms with van der Waals surface area (Å²) >= 11 is 3.96. The van der Waals surface area contributed by atoms with Crippen molar-refractivity contribution < 1.29 is 9.59 Å². The number of thiophene rings is 1. The molecule has 2 heterocycles. The lowest BCUT2D eigenvalue weighted by molar-refractivity contribution is -0.118. The number of benzene rings is 1. The molecule has 3 aromatic rings. The van der Waals surface area contributed by atoms with Crippen molar-refractivity contribution in [2.45, 2.75) is 17.7 Å². The summed E-state index contributed by atoms with van der Waals surface area (Å²) in [4.78, 5) is 24.7. The van der Waals surface area contributed by atoms with Crippen LogP contribution in [-0.4, -0.2) is 34.3 Å². The van der Waals surface area contributed by atoms with E-state index in [1.165, 1.54) is 40.0 Å². The van der Waals surface area contributed by atoms with Crippen LogP contribution in [0.4, 0.5) is 5.13 Å². The summed E-state index contributed by atoms with van der Waals surface area (Å²) in [5, 5.41) is 15.9. The van der Waals surface area contributed by atoms with Gasteiger partial charge in [0.25, 0.3) is 5.91 Å². The molecule has 27 heavy (non-hydrogen) atoms. The van der Waals surface area contributed by atoms with E-state index in [0.717, 1.165) is 12.0 Å². The van der Waals surface area contributed by atoms with Crippen LogP contribution >= 0.6 is 34.4 Å². The molecule has 9 heteroatoms. The Bertz CT molecular complexity index is 908. The summed E-state index contributed by atoms with van der Waals surface area (Å²) in [5.41, 5.74) is 2.24. The van der Waals surface area contributed by atoms with Crippen LogP contribution < -0.4 is 10.6 Å². The van der Waals surface area contributed by atoms with E-state index in [0.29, 0.717) is 20.9 Å². The fourth-order valence-corrected chi connectivity index (χ4v) is 4.57. The molecular weight excluding hydrogens is 400 g/mol. The molecule has 2 aromatic heterocycles. The normalized spacial score (nSPS) is 10.6. The van der Waals surface area contributed by atoms with Gasteiger partial charge < -0.3 is 5.32 Å². The zero-order valence-corrected chi connectivity index (χ0v) is 17.0. The van der Waals surface area contributed by atoms with Gasteiger partial charge in [-0.25, -0.2) is 0 Å². The smallest absolute Gasteiger partial charge is 0.267 e. The van der Waals surface area contributed by atoms with Gasteiger partial charge in [0.15, 0.2) is 4.34 Å². The third kappa shape index (κ3) is 6.16. The van der Waals surface area contributed by atoms with E-state index < -0.39 is 0 Å². The van der Waals surface area contributed by atoms with Crippen LogP contribution in [0.3, 0.4) is 0 Å². The lowest BCUT2D eigenvalue weighted by Gasteiger charge is -2.04. The third-order valence-electron chi connectivity index (χ3n) is 3.49. The number of nitrogens with zero attached hydrogens (tertiary/aromatic N) is 2. The largest absolute Gasteiger partial charge is 0.355 e. The van der Waals surface area contributed by atoms with E-state index in [2.05, 4.69) is 20.8 Å². The van der Waals surface area contributed by atoms with Gasteiger partial charge in [-0.3, -0.25) is 14.9 Å². The van der Waals surface area contributed by atoms with Gasteiger partial charge >= 0.3 is 0 Å². The highest BCUT2D eigenvalue weighted by Gasteiger charge is 2.13. The van der Waals surface area contributed by atoms with E-state index in [9.17, 15) is 9.59 Å². The first kappa shape index (κ1) is 19.5. The van der Waals surface area contributed by atoms with Crippen LogP contribution in [0.5, 0.6) is 0 Å². The van der Waals surface area contributed by atoms with Crippen molar-refractivity contribution in [2.75, 3.05) is 17.6 Å². The summed E-state index contributed by atoms with van der Waals surface area (Å²) < 4.78 is 0.644. The number of hydrogen-bond donors (Lipinski definition) is 2. The van der Waals surface area contributed by atoms with Crippen LogP contribution in [0.25, 0.3) is 0 Å². The molecule has 0 atom stereocenters. The van der Waals surface area contributed by atoms with E-state index in [1.807, 2.05) is 48.7 Å². The molecule has 2 amide bonds. The van der Waals surface area contributed by atoms with Crippen LogP contribution in [0.1, 0.15) is 20.8 Å². The molecule has 0 bridgehead atoms. The van der Waals surface area contributed by atoms with Crippen molar-refractivity contribution in [3.8, 4) is 0 Å². The standard InChI is InChI=1S/C18H18N4O2S3/c1-12-9-14(25-10-12)16(24)20-17-21-22-18(27-17)26-11-15(23)19-8-7-13-5-3-2-4-6-13/h2-6,9-10H,7-8,11H2,1H3,(H,19,23)(H,20,21,24). The molecule has 3 rings (SSSR count). The van der Waals surface area contributed by atoms with Gasteiger partial charge in [-0.05, 0) is 35.9 Å². The molecule has 0 saturated carbocycles. The summed E-state index contributed by atoms with van der Waals surface area (Å²) in [6.07, 6.45) is 0.800. The molecular formula is C18H18N4O2S3.